The van der Waals surface area contributed by atoms with Crippen molar-refractivity contribution in [3.63, 3.8) is 0 Å². The van der Waals surface area contributed by atoms with Gasteiger partial charge in [0.15, 0.2) is 0 Å². The fraction of sp³-hybridized carbons (Fsp3) is 0.375. The maximum absolute atomic E-state index is 12.5. The van der Waals surface area contributed by atoms with Gasteiger partial charge in [0.1, 0.15) is 10.6 Å². The first-order chi connectivity index (χ1) is 10.2. The van der Waals surface area contributed by atoms with Crippen LogP contribution in [0.4, 0.5) is 5.69 Å². The van der Waals surface area contributed by atoms with Crippen LogP contribution in [0.1, 0.15) is 34.5 Å². The lowest BCUT2D eigenvalue weighted by Crippen LogP contribution is -2.35. The average molecular weight is 301 g/mol. The second-order valence-corrected chi connectivity index (χ2v) is 6.27. The first-order valence-electron chi connectivity index (χ1n) is 7.28. The van der Waals surface area contributed by atoms with Crippen LogP contribution in [0.15, 0.2) is 24.3 Å². The molecule has 0 radical (unpaired) electrons. The number of carbonyl (C=O) groups excluding carboxylic acids is 1. The molecule has 1 aromatic heterocycles. The van der Waals surface area contributed by atoms with Crippen molar-refractivity contribution < 1.29 is 4.79 Å². The van der Waals surface area contributed by atoms with Crippen LogP contribution in [0.3, 0.4) is 0 Å². The summed E-state index contributed by atoms with van der Waals surface area (Å²) in [5, 5.41) is 0. The molecule has 110 valence electrons. The van der Waals surface area contributed by atoms with Gasteiger partial charge in [0.05, 0.1) is 5.69 Å². The van der Waals surface area contributed by atoms with Crippen LogP contribution in [-0.4, -0.2) is 28.3 Å². The molecule has 0 bridgehead atoms. The number of hydrogen-bond donors (Lipinski definition) is 1. The summed E-state index contributed by atoms with van der Waals surface area (Å²) < 4.78 is 4.40. The van der Waals surface area contributed by atoms with Crippen LogP contribution in [-0.2, 0) is 0 Å². The maximum Gasteiger partial charge on any atom is 0.267 e. The smallest absolute Gasteiger partial charge is 0.267 e. The number of nitrogens with zero attached hydrogens (tertiary/aromatic N) is 2. The highest BCUT2D eigenvalue weighted by atomic mass is 32.1. The molecule has 0 saturated carbocycles. The van der Waals surface area contributed by atoms with Gasteiger partial charge in [-0.3, -0.25) is 4.79 Å². The first kappa shape index (κ1) is 14.1. The molecule has 0 atom stereocenters. The highest BCUT2D eigenvalue weighted by molar-refractivity contribution is 7.09. The third-order valence-corrected chi connectivity index (χ3v) is 4.74. The summed E-state index contributed by atoms with van der Waals surface area (Å²) in [4.78, 5) is 15.0. The minimum Gasteiger partial charge on any atom is -0.396 e. The Kier molecular flexibility index (Phi) is 3.92. The van der Waals surface area contributed by atoms with E-state index in [1.165, 1.54) is 23.5 Å². The van der Waals surface area contributed by atoms with Crippen molar-refractivity contribution in [2.45, 2.75) is 26.2 Å². The molecular formula is C16H19N3OS. The number of benzene rings is 1. The van der Waals surface area contributed by atoms with Gasteiger partial charge in [-0.15, -0.1) is 0 Å². The number of piperidine rings is 1. The lowest BCUT2D eigenvalue weighted by Gasteiger charge is -2.26. The van der Waals surface area contributed by atoms with Crippen molar-refractivity contribution in [1.29, 1.82) is 0 Å². The monoisotopic (exact) mass is 301 g/mol. The number of aromatic nitrogens is 1. The Morgan fingerprint density at radius 1 is 1.19 bits per heavy atom. The molecule has 1 aromatic carbocycles. The number of nitrogens with two attached hydrogens (primary N) is 1. The quantitative estimate of drug-likeness (QED) is 0.925. The SMILES string of the molecule is Cc1ccc(-c2nsc(C(=O)N3CCCCC3)c2N)cc1. The zero-order valence-electron chi connectivity index (χ0n) is 12.1. The predicted molar refractivity (Wildman–Crippen MR) is 86.5 cm³/mol. The summed E-state index contributed by atoms with van der Waals surface area (Å²) in [5.74, 6) is 0.0306. The maximum atomic E-state index is 12.5. The second kappa shape index (κ2) is 5.85. The minimum absolute atomic E-state index is 0.0306. The number of hydrogen-bond acceptors (Lipinski definition) is 4. The lowest BCUT2D eigenvalue weighted by molar-refractivity contribution is 0.0730. The van der Waals surface area contributed by atoms with Gasteiger partial charge in [-0.05, 0) is 37.7 Å². The Balaban J connectivity index is 1.88. The Morgan fingerprint density at radius 2 is 1.86 bits per heavy atom. The topological polar surface area (TPSA) is 59.2 Å². The number of carbonyl (C=O) groups is 1. The first-order valence-corrected chi connectivity index (χ1v) is 8.05. The third-order valence-electron chi connectivity index (χ3n) is 3.89. The van der Waals surface area contributed by atoms with E-state index in [0.29, 0.717) is 10.6 Å². The molecule has 2 aromatic rings. The molecule has 21 heavy (non-hydrogen) atoms. The molecule has 0 spiro atoms. The molecule has 1 aliphatic heterocycles. The number of likely N-dealkylation sites (tertiary alicyclic amines) is 1. The highest BCUT2D eigenvalue weighted by Gasteiger charge is 2.24. The van der Waals surface area contributed by atoms with E-state index in [2.05, 4.69) is 4.37 Å². The molecule has 1 amide bonds. The van der Waals surface area contributed by atoms with Crippen molar-refractivity contribution in [2.24, 2.45) is 0 Å². The second-order valence-electron chi connectivity index (χ2n) is 5.49. The van der Waals surface area contributed by atoms with Gasteiger partial charge in [0.2, 0.25) is 0 Å². The van der Waals surface area contributed by atoms with Crippen molar-refractivity contribution >= 4 is 23.1 Å². The molecule has 2 heterocycles. The van der Waals surface area contributed by atoms with E-state index >= 15 is 0 Å². The van der Waals surface area contributed by atoms with Gasteiger partial charge in [-0.2, -0.15) is 4.37 Å². The Labute approximate surface area is 128 Å². The van der Waals surface area contributed by atoms with Crippen molar-refractivity contribution in [2.75, 3.05) is 18.8 Å². The normalized spacial score (nSPS) is 15.2. The van der Waals surface area contributed by atoms with E-state index in [-0.39, 0.29) is 5.91 Å². The average Bonchev–Trinajstić information content (AvgIpc) is 2.90. The van der Waals surface area contributed by atoms with Crippen LogP contribution in [0, 0.1) is 6.92 Å². The molecule has 5 heteroatoms. The molecule has 1 saturated heterocycles. The van der Waals surface area contributed by atoms with Gasteiger partial charge in [-0.25, -0.2) is 0 Å². The van der Waals surface area contributed by atoms with Gasteiger partial charge in [0, 0.05) is 18.7 Å². The summed E-state index contributed by atoms with van der Waals surface area (Å²) in [6, 6.07) is 8.05. The van der Waals surface area contributed by atoms with E-state index in [4.69, 9.17) is 5.73 Å². The fourth-order valence-corrected chi connectivity index (χ4v) is 3.40. The lowest BCUT2D eigenvalue weighted by atomic mass is 10.1. The van der Waals surface area contributed by atoms with E-state index < -0.39 is 0 Å². The van der Waals surface area contributed by atoms with Gasteiger partial charge in [-0.1, -0.05) is 29.8 Å². The van der Waals surface area contributed by atoms with Crippen LogP contribution in [0.5, 0.6) is 0 Å². The minimum atomic E-state index is 0.0306. The Hall–Kier alpha value is -1.88. The summed E-state index contributed by atoms with van der Waals surface area (Å²) in [6.07, 6.45) is 3.36. The number of rotatable bonds is 2. The third kappa shape index (κ3) is 2.78. The highest BCUT2D eigenvalue weighted by Crippen LogP contribution is 2.32. The van der Waals surface area contributed by atoms with Crippen LogP contribution >= 0.6 is 11.5 Å². The molecule has 1 fully saturated rings. The molecule has 0 aliphatic carbocycles. The van der Waals surface area contributed by atoms with Crippen LogP contribution in [0.25, 0.3) is 11.3 Å². The summed E-state index contributed by atoms with van der Waals surface area (Å²) >= 11 is 1.21. The number of anilines is 1. The molecular weight excluding hydrogens is 282 g/mol. The molecule has 3 rings (SSSR count). The van der Waals surface area contributed by atoms with Gasteiger partial charge >= 0.3 is 0 Å². The number of amides is 1. The van der Waals surface area contributed by atoms with E-state index in [0.717, 1.165) is 37.2 Å². The van der Waals surface area contributed by atoms with E-state index in [1.54, 1.807) is 0 Å². The molecule has 0 unspecified atom stereocenters. The summed E-state index contributed by atoms with van der Waals surface area (Å²) in [6.45, 7) is 3.70. The largest absolute Gasteiger partial charge is 0.396 e. The summed E-state index contributed by atoms with van der Waals surface area (Å²) in [5.41, 5.74) is 9.57. The standard InChI is InChI=1S/C16H19N3OS/c1-11-5-7-12(8-6-11)14-13(17)15(21-18-14)16(20)19-9-3-2-4-10-19/h5-8H,2-4,9-10,17H2,1H3. The zero-order chi connectivity index (χ0) is 14.8. The van der Waals surface area contributed by atoms with Gasteiger partial charge in [0.25, 0.3) is 5.91 Å². The number of aryl methyl sites for hydroxylation is 1. The van der Waals surface area contributed by atoms with Gasteiger partial charge < -0.3 is 10.6 Å². The van der Waals surface area contributed by atoms with E-state index in [9.17, 15) is 4.79 Å². The molecule has 1 aliphatic rings. The Bertz CT molecular complexity index is 642. The predicted octanol–water partition coefficient (Wildman–Crippen LogP) is 3.33. The molecule has 2 N–H and O–H groups in total. The summed E-state index contributed by atoms with van der Waals surface area (Å²) in [7, 11) is 0. The van der Waals surface area contributed by atoms with E-state index in [1.807, 2.05) is 36.1 Å². The van der Waals surface area contributed by atoms with Crippen LogP contribution < -0.4 is 5.73 Å². The van der Waals surface area contributed by atoms with Crippen molar-refractivity contribution in [1.82, 2.24) is 9.27 Å². The van der Waals surface area contributed by atoms with Crippen LogP contribution in [0.2, 0.25) is 0 Å². The zero-order valence-corrected chi connectivity index (χ0v) is 12.9. The molecule has 4 nitrogen and oxygen atoms in total. The fourth-order valence-electron chi connectivity index (χ4n) is 2.61. The Morgan fingerprint density at radius 3 is 2.52 bits per heavy atom. The number of nitrogen functional groups attached to an aromatic ring is 1. The van der Waals surface area contributed by atoms with Crippen molar-refractivity contribution in [3.05, 3.63) is 34.7 Å². The van der Waals surface area contributed by atoms with Crippen molar-refractivity contribution in [3.8, 4) is 11.3 Å².